The molecule has 0 unspecified atom stereocenters. The maximum atomic E-state index is 6.14. The van der Waals surface area contributed by atoms with Gasteiger partial charge in [0, 0.05) is 39.0 Å². The van der Waals surface area contributed by atoms with E-state index < -0.39 is 8.07 Å². The van der Waals surface area contributed by atoms with Gasteiger partial charge in [0.15, 0.2) is 0 Å². The van der Waals surface area contributed by atoms with Crippen molar-refractivity contribution >= 4 is 46.5 Å². The molecular weight excluding hydrogens is 739 g/mol. The second-order valence-corrected chi connectivity index (χ2v) is 17.0. The fourth-order valence-electron chi connectivity index (χ4n) is 5.22. The van der Waals surface area contributed by atoms with E-state index in [1.807, 2.05) is 50.4 Å². The number of fused-ring (bicyclic) bond motifs is 4. The molecule has 8 heteroatoms. The molecule has 0 spiro atoms. The molecule has 7 aromatic rings. The van der Waals surface area contributed by atoms with Gasteiger partial charge in [-0.2, -0.15) is 0 Å². The van der Waals surface area contributed by atoms with Crippen molar-refractivity contribution in [2.24, 2.45) is 0 Å². The van der Waals surface area contributed by atoms with E-state index in [1.54, 1.807) is 6.20 Å². The minimum atomic E-state index is -1.24. The Morgan fingerprint density at radius 1 is 0.864 bits per heavy atom. The fraction of sp³-hybridized carbons (Fsp3) is 0.222. The van der Waals surface area contributed by atoms with Gasteiger partial charge in [0.2, 0.25) is 5.71 Å². The molecule has 0 bridgehead atoms. The molecule has 0 aliphatic carbocycles. The molecule has 0 amide bonds. The van der Waals surface area contributed by atoms with Crippen molar-refractivity contribution in [1.82, 2.24) is 24.5 Å². The van der Waals surface area contributed by atoms with Crippen molar-refractivity contribution in [2.45, 2.75) is 53.9 Å². The summed E-state index contributed by atoms with van der Waals surface area (Å²) in [6.07, 6.45) is 3.80. The van der Waals surface area contributed by atoms with E-state index >= 15 is 0 Å². The average molecular weight is 774 g/mol. The predicted octanol–water partition coefficient (Wildman–Crippen LogP) is 8.23. The van der Waals surface area contributed by atoms with Crippen LogP contribution < -0.4 is 5.19 Å². The predicted molar refractivity (Wildman–Crippen MR) is 178 cm³/mol. The number of hydrogen-bond acceptors (Lipinski definition) is 5. The minimum absolute atomic E-state index is 0. The first-order valence-corrected chi connectivity index (χ1v) is 18.1. The monoisotopic (exact) mass is 774 g/mol. The number of hydrogen-bond donors (Lipinski definition) is 0. The third kappa shape index (κ3) is 6.02. The maximum Gasteiger partial charge on any atom is 0.235 e. The second-order valence-electron chi connectivity index (χ2n) is 11.9. The Bertz CT molecular complexity index is 2070. The van der Waals surface area contributed by atoms with Gasteiger partial charge in [-0.25, -0.2) is 4.98 Å². The summed E-state index contributed by atoms with van der Waals surface area (Å²) in [5, 5.41) is 2.38. The first-order chi connectivity index (χ1) is 20.6. The van der Waals surface area contributed by atoms with Crippen molar-refractivity contribution < 1.29 is 24.5 Å². The Kier molecular flexibility index (Phi) is 8.98. The molecule has 0 saturated heterocycles. The zero-order valence-corrected chi connectivity index (χ0v) is 29.5. The van der Waals surface area contributed by atoms with Crippen LogP contribution in [0.5, 0.6) is 0 Å². The minimum Gasteiger partial charge on any atom is -0.485 e. The number of furan rings is 1. The zero-order valence-electron chi connectivity index (χ0n) is 26.1. The quantitative estimate of drug-likeness (QED) is 0.133. The summed E-state index contributed by atoms with van der Waals surface area (Å²) in [4.78, 5) is 18.5. The molecule has 4 heterocycles. The summed E-state index contributed by atoms with van der Waals surface area (Å²) in [5.74, 6) is 0.856. The summed E-state index contributed by atoms with van der Waals surface area (Å²) in [7, 11) is -1.24. The summed E-state index contributed by atoms with van der Waals surface area (Å²) >= 11 is 0. The van der Waals surface area contributed by atoms with Crippen molar-refractivity contribution in [1.29, 1.82) is 0 Å². The Labute approximate surface area is 273 Å². The van der Waals surface area contributed by atoms with E-state index in [0.717, 1.165) is 68.0 Å². The van der Waals surface area contributed by atoms with Crippen LogP contribution in [0.25, 0.3) is 55.9 Å². The second kappa shape index (κ2) is 12.6. The molecule has 6 nitrogen and oxygen atoms in total. The van der Waals surface area contributed by atoms with Crippen LogP contribution in [0.3, 0.4) is 0 Å². The van der Waals surface area contributed by atoms with Gasteiger partial charge in [0.25, 0.3) is 0 Å². The summed E-state index contributed by atoms with van der Waals surface area (Å²) in [6, 6.07) is 27.3. The molecule has 7 rings (SSSR count). The number of pyridine rings is 1. The van der Waals surface area contributed by atoms with Gasteiger partial charge in [-0.05, 0) is 42.2 Å². The molecule has 0 aliphatic heterocycles. The van der Waals surface area contributed by atoms with Crippen LogP contribution in [0.4, 0.5) is 0 Å². The van der Waals surface area contributed by atoms with E-state index in [0.29, 0.717) is 5.71 Å². The molecule has 0 atom stereocenters. The van der Waals surface area contributed by atoms with Crippen LogP contribution in [0, 0.1) is 32.9 Å². The summed E-state index contributed by atoms with van der Waals surface area (Å²) in [5.41, 5.74) is 10.2. The Morgan fingerprint density at radius 2 is 1.66 bits per heavy atom. The topological polar surface area (TPSA) is 69.6 Å². The van der Waals surface area contributed by atoms with Crippen LogP contribution in [0.15, 0.2) is 77.5 Å². The van der Waals surface area contributed by atoms with Crippen LogP contribution in [-0.2, 0) is 26.7 Å². The van der Waals surface area contributed by atoms with E-state index in [-0.39, 0.29) is 20.1 Å². The Hall–Kier alpha value is -3.97. The van der Waals surface area contributed by atoms with Crippen LogP contribution in [0.1, 0.15) is 23.7 Å². The normalized spacial score (nSPS) is 11.4. The number of aromatic nitrogens is 5. The largest absolute Gasteiger partial charge is 0.485 e. The van der Waals surface area contributed by atoms with Gasteiger partial charge in [-0.3, -0.25) is 9.97 Å². The van der Waals surface area contributed by atoms with Gasteiger partial charge >= 0.3 is 0 Å². The number of aryl methyl sites for hydroxylation is 4. The average Bonchev–Trinajstić information content (AvgIpc) is 3.56. The molecule has 4 aromatic heterocycles. The van der Waals surface area contributed by atoms with Crippen LogP contribution in [-0.4, -0.2) is 32.6 Å². The van der Waals surface area contributed by atoms with Gasteiger partial charge in [-0.1, -0.05) is 63.3 Å². The van der Waals surface area contributed by atoms with Gasteiger partial charge in [-0.15, -0.1) is 53.1 Å². The van der Waals surface area contributed by atoms with Gasteiger partial charge in [0.05, 0.1) is 36.2 Å². The smallest absolute Gasteiger partial charge is 0.235 e. The molecule has 0 saturated carbocycles. The summed E-state index contributed by atoms with van der Waals surface area (Å²) in [6.45, 7) is 16.0. The molecular formula is C36H35IrN5OSi-2. The van der Waals surface area contributed by atoms with Crippen LogP contribution >= 0.6 is 0 Å². The number of benzene rings is 3. The molecule has 225 valence electrons. The third-order valence-corrected chi connectivity index (χ3v) is 9.67. The number of nitrogens with zero attached hydrogens (tertiary/aromatic N) is 5. The van der Waals surface area contributed by atoms with E-state index in [2.05, 4.69) is 95.5 Å². The van der Waals surface area contributed by atoms with E-state index in [1.165, 1.54) is 10.8 Å². The molecule has 0 N–H and O–H groups in total. The molecule has 44 heavy (non-hydrogen) atoms. The van der Waals surface area contributed by atoms with Gasteiger partial charge in [0.1, 0.15) is 5.52 Å². The van der Waals surface area contributed by atoms with Crippen LogP contribution in [0.2, 0.25) is 19.6 Å². The standard InChI is InChI=1S/C21H17N4O.C15H18NSi.Ir/c1-4-25-16-8-6-5-7-15(16)24-20(25)14-10-9-12(2)17-18-21(26-19(14)17)23-13(3)11-22-18;1-12-5-7-13(8-6-12)15-10-9-14(11-16-15)17(2,3)4;/h5-9,11H,4H2,1-3H3;5-7,9-11H,1-4H3;/q2*-1;. The molecule has 1 radical (unpaired) electrons. The SMILES string of the molecule is CCn1c(-c2[c-]cc(C)c3c2oc2nc(C)cnc23)nc2ccccc21.Cc1c[c-]c(-c2ccc([Si](C)(C)C)cn2)cc1.[Ir]. The van der Waals surface area contributed by atoms with Gasteiger partial charge < -0.3 is 14.0 Å². The van der Waals surface area contributed by atoms with E-state index in [4.69, 9.17) is 9.40 Å². The first kappa shape index (κ1) is 31.5. The Morgan fingerprint density at radius 3 is 2.34 bits per heavy atom. The number of rotatable bonds is 4. The Balaban J connectivity index is 0.000000187. The summed E-state index contributed by atoms with van der Waals surface area (Å²) < 4.78 is 8.33. The zero-order chi connectivity index (χ0) is 30.3. The maximum absolute atomic E-state index is 6.14. The van der Waals surface area contributed by atoms with Crippen molar-refractivity contribution in [2.75, 3.05) is 0 Å². The third-order valence-electron chi connectivity index (χ3n) is 7.65. The fourth-order valence-corrected chi connectivity index (χ4v) is 6.26. The van der Waals surface area contributed by atoms with E-state index in [9.17, 15) is 0 Å². The van der Waals surface area contributed by atoms with Crippen molar-refractivity contribution in [3.05, 3.63) is 102 Å². The molecule has 0 aliphatic rings. The van der Waals surface area contributed by atoms with Crippen molar-refractivity contribution in [3.63, 3.8) is 0 Å². The number of imidazole rings is 1. The first-order valence-electron chi connectivity index (χ1n) is 14.6. The van der Waals surface area contributed by atoms with Crippen molar-refractivity contribution in [3.8, 4) is 22.6 Å². The number of para-hydroxylation sites is 2. The molecule has 0 fully saturated rings. The molecule has 3 aromatic carbocycles.